The largest absolute Gasteiger partial charge is 0.389 e. The number of carbonyl (C=O) groups is 2. The number of Topliss-reactive ketones (excluding diaryl/α,β-unsaturated/α-hetero) is 1. The van der Waals surface area contributed by atoms with Crippen molar-refractivity contribution in [1.29, 1.82) is 0 Å². The first-order valence-corrected chi connectivity index (χ1v) is 2.75. The summed E-state index contributed by atoms with van der Waals surface area (Å²) >= 11 is 0. The molecule has 0 unspecified atom stereocenters. The second kappa shape index (κ2) is 8.04. The van der Waals surface area contributed by atoms with Gasteiger partial charge in [0, 0.05) is 0 Å². The molecule has 0 saturated carbocycles. The van der Waals surface area contributed by atoms with Gasteiger partial charge in [-0.2, -0.15) is 0 Å². The summed E-state index contributed by atoms with van der Waals surface area (Å²) in [6, 6.07) is 0. The molecule has 0 radical (unpaired) electrons. The van der Waals surface area contributed by atoms with Crippen LogP contribution in [0.15, 0.2) is 12.2 Å². The second-order valence-corrected chi connectivity index (χ2v) is 1.82. The van der Waals surface area contributed by atoms with Crippen molar-refractivity contribution in [3.63, 3.8) is 0 Å². The molecule has 0 aliphatic rings. The summed E-state index contributed by atoms with van der Waals surface area (Å²) in [6.07, 6.45) is 0.722. The van der Waals surface area contributed by atoms with E-state index in [4.69, 9.17) is 5.11 Å². The van der Waals surface area contributed by atoms with E-state index in [9.17, 15) is 9.59 Å². The Bertz CT molecular complexity index is 127. The van der Waals surface area contributed by atoms with Crippen LogP contribution < -0.4 is 0 Å². The molecule has 10 heavy (non-hydrogen) atoms. The molecule has 0 atom stereocenters. The minimum absolute atomic E-state index is 0.190. The minimum atomic E-state index is -0.333. The van der Waals surface area contributed by atoms with Crippen LogP contribution in [0, 0.1) is 0 Å². The monoisotopic (exact) mass is 144 g/mol. The number of aliphatic hydroxyl groups excluding tert-OH is 1. The fourth-order valence-corrected chi connectivity index (χ4v) is 0. The van der Waals surface area contributed by atoms with Gasteiger partial charge in [0.2, 0.25) is 0 Å². The molecule has 0 heterocycles. The highest BCUT2D eigenvalue weighted by Crippen LogP contribution is 1.70. The van der Waals surface area contributed by atoms with Gasteiger partial charge < -0.3 is 5.11 Å². The highest BCUT2D eigenvalue weighted by Gasteiger charge is 1.78. The molecule has 58 valence electrons. The van der Waals surface area contributed by atoms with Crippen molar-refractivity contribution >= 4 is 12.1 Å². The van der Waals surface area contributed by atoms with Crippen LogP contribution in [-0.4, -0.2) is 23.8 Å². The Balaban J connectivity index is 0. The van der Waals surface area contributed by atoms with Gasteiger partial charge in [0.15, 0.2) is 5.78 Å². The molecule has 0 aromatic rings. The maximum absolute atomic E-state index is 9.56. The van der Waals surface area contributed by atoms with Gasteiger partial charge in [0.1, 0.15) is 12.9 Å². The van der Waals surface area contributed by atoms with Crippen LogP contribution in [0.1, 0.15) is 13.8 Å². The number of aldehydes is 1. The van der Waals surface area contributed by atoms with E-state index in [1.807, 2.05) is 0 Å². The second-order valence-electron chi connectivity index (χ2n) is 1.82. The zero-order valence-corrected chi connectivity index (χ0v) is 6.26. The summed E-state index contributed by atoms with van der Waals surface area (Å²) in [5, 5.41) is 7.79. The van der Waals surface area contributed by atoms with Crippen LogP contribution in [0.25, 0.3) is 0 Å². The summed E-state index contributed by atoms with van der Waals surface area (Å²) in [5.41, 5.74) is 0.574. The van der Waals surface area contributed by atoms with Gasteiger partial charge in [-0.1, -0.05) is 6.58 Å². The minimum Gasteiger partial charge on any atom is -0.389 e. The van der Waals surface area contributed by atoms with Crippen molar-refractivity contribution in [2.45, 2.75) is 13.8 Å². The summed E-state index contributed by atoms with van der Waals surface area (Å²) < 4.78 is 0. The molecular weight excluding hydrogens is 132 g/mol. The third-order valence-electron chi connectivity index (χ3n) is 0.424. The zero-order chi connectivity index (χ0) is 8.57. The smallest absolute Gasteiger partial charge is 0.155 e. The van der Waals surface area contributed by atoms with Crippen molar-refractivity contribution < 1.29 is 14.7 Å². The SMILES string of the molecule is C=C(C)C=O.CC(=O)CO. The zero-order valence-electron chi connectivity index (χ0n) is 6.26. The van der Waals surface area contributed by atoms with E-state index in [1.54, 1.807) is 6.92 Å². The number of carbonyl (C=O) groups excluding carboxylic acids is 2. The van der Waals surface area contributed by atoms with Crippen LogP contribution in [0.5, 0.6) is 0 Å². The Morgan fingerprint density at radius 3 is 1.80 bits per heavy atom. The predicted molar refractivity (Wildman–Crippen MR) is 38.6 cm³/mol. The van der Waals surface area contributed by atoms with Gasteiger partial charge >= 0.3 is 0 Å². The van der Waals surface area contributed by atoms with Crippen LogP contribution in [-0.2, 0) is 9.59 Å². The van der Waals surface area contributed by atoms with Crippen LogP contribution >= 0.6 is 0 Å². The van der Waals surface area contributed by atoms with E-state index in [0.29, 0.717) is 5.57 Å². The first kappa shape index (κ1) is 11.8. The summed E-state index contributed by atoms with van der Waals surface area (Å²) in [7, 11) is 0. The molecule has 0 fully saturated rings. The molecule has 3 nitrogen and oxygen atoms in total. The van der Waals surface area contributed by atoms with Gasteiger partial charge in [-0.3, -0.25) is 9.59 Å². The van der Waals surface area contributed by atoms with Crippen molar-refractivity contribution in [2.75, 3.05) is 6.61 Å². The van der Waals surface area contributed by atoms with Crippen molar-refractivity contribution in [2.24, 2.45) is 0 Å². The number of rotatable bonds is 2. The highest BCUT2D eigenvalue weighted by molar-refractivity contribution is 5.76. The predicted octanol–water partition coefficient (Wildman–Crippen LogP) is 0.329. The lowest BCUT2D eigenvalue weighted by Crippen LogP contribution is -1.93. The summed E-state index contributed by atoms with van der Waals surface area (Å²) in [6.45, 7) is 5.97. The van der Waals surface area contributed by atoms with Gasteiger partial charge in [-0.25, -0.2) is 0 Å². The molecule has 0 aromatic carbocycles. The van der Waals surface area contributed by atoms with Crippen molar-refractivity contribution in [3.05, 3.63) is 12.2 Å². The third-order valence-corrected chi connectivity index (χ3v) is 0.424. The number of hydrogen-bond donors (Lipinski definition) is 1. The molecule has 0 amide bonds. The average Bonchev–Trinajstić information content (AvgIpc) is 1.89. The fourth-order valence-electron chi connectivity index (χ4n) is 0. The third kappa shape index (κ3) is 27.8. The van der Waals surface area contributed by atoms with E-state index in [-0.39, 0.29) is 12.4 Å². The van der Waals surface area contributed by atoms with E-state index in [1.165, 1.54) is 6.92 Å². The standard InChI is InChI=1S/C4H6O.C3H6O2/c1-4(2)3-5;1-3(5)2-4/h3H,1H2,2H3;4H,2H2,1H3. The van der Waals surface area contributed by atoms with E-state index < -0.39 is 0 Å². The Kier molecular flexibility index (Phi) is 9.48. The molecule has 0 aliphatic carbocycles. The Morgan fingerprint density at radius 1 is 1.60 bits per heavy atom. The molecule has 0 rings (SSSR count). The Hall–Kier alpha value is -0.960. The maximum atomic E-state index is 9.56. The molecule has 0 bridgehead atoms. The molecule has 0 aromatic heterocycles. The van der Waals surface area contributed by atoms with E-state index in [2.05, 4.69) is 6.58 Å². The highest BCUT2D eigenvalue weighted by atomic mass is 16.3. The van der Waals surface area contributed by atoms with Gasteiger partial charge in [-0.05, 0) is 19.4 Å². The quantitative estimate of drug-likeness (QED) is 0.449. The number of hydrogen-bond acceptors (Lipinski definition) is 3. The number of allylic oxidation sites excluding steroid dienone is 1. The van der Waals surface area contributed by atoms with Gasteiger partial charge in [-0.15, -0.1) is 0 Å². The van der Waals surface area contributed by atoms with Crippen molar-refractivity contribution in [3.8, 4) is 0 Å². The van der Waals surface area contributed by atoms with Gasteiger partial charge in [0.25, 0.3) is 0 Å². The molecule has 1 N–H and O–H groups in total. The van der Waals surface area contributed by atoms with Crippen LogP contribution in [0.2, 0.25) is 0 Å². The van der Waals surface area contributed by atoms with E-state index >= 15 is 0 Å². The molecule has 0 saturated heterocycles. The van der Waals surface area contributed by atoms with Crippen LogP contribution in [0.3, 0.4) is 0 Å². The van der Waals surface area contributed by atoms with Crippen molar-refractivity contribution in [1.82, 2.24) is 0 Å². The average molecular weight is 144 g/mol. The normalized spacial score (nSPS) is 7.10. The lowest BCUT2D eigenvalue weighted by molar-refractivity contribution is -0.119. The fraction of sp³-hybridized carbons (Fsp3) is 0.429. The Labute approximate surface area is 60.4 Å². The molecular formula is C7H12O3. The number of ketones is 1. The van der Waals surface area contributed by atoms with Gasteiger partial charge in [0.05, 0.1) is 0 Å². The summed E-state index contributed by atoms with van der Waals surface area (Å²) in [4.78, 5) is 19.0. The first-order valence-electron chi connectivity index (χ1n) is 2.75. The molecule has 0 spiro atoms. The number of aliphatic hydroxyl groups is 1. The lowest BCUT2D eigenvalue weighted by atomic mass is 10.4. The lowest BCUT2D eigenvalue weighted by Gasteiger charge is -1.72. The maximum Gasteiger partial charge on any atom is 0.155 e. The van der Waals surface area contributed by atoms with Crippen LogP contribution in [0.4, 0.5) is 0 Å². The first-order chi connectivity index (χ1) is 4.54. The topological polar surface area (TPSA) is 54.4 Å². The molecule has 0 aliphatic heterocycles. The Morgan fingerprint density at radius 2 is 1.80 bits per heavy atom. The van der Waals surface area contributed by atoms with E-state index in [0.717, 1.165) is 6.29 Å². The summed E-state index contributed by atoms with van der Waals surface area (Å²) in [5.74, 6) is -0.190. The molecule has 3 heteroatoms.